The van der Waals surface area contributed by atoms with E-state index in [0.717, 1.165) is 11.3 Å². The van der Waals surface area contributed by atoms with Gasteiger partial charge in [-0.25, -0.2) is 0 Å². The molecule has 1 aromatic carbocycles. The largest absolute Gasteiger partial charge is 0.497 e. The first-order chi connectivity index (χ1) is 8.13. The lowest BCUT2D eigenvalue weighted by molar-refractivity contribution is -0.118. The smallest absolute Gasteiger partial charge is 0.216 e. The Morgan fingerprint density at radius 3 is 2.94 bits per heavy atom. The molecule has 4 heteroatoms. The maximum atomic E-state index is 10.6. The Morgan fingerprint density at radius 2 is 2.29 bits per heavy atom. The van der Waals surface area contributed by atoms with Gasteiger partial charge >= 0.3 is 0 Å². The summed E-state index contributed by atoms with van der Waals surface area (Å²) in [4.78, 5) is 10.6. The minimum Gasteiger partial charge on any atom is -0.497 e. The van der Waals surface area contributed by atoms with Crippen LogP contribution in [0.15, 0.2) is 18.2 Å². The Kier molecular flexibility index (Phi) is 4.89. The quantitative estimate of drug-likeness (QED) is 0.467. The minimum absolute atomic E-state index is 0.0484. The number of hydrogen-bond acceptors (Lipinski definition) is 3. The van der Waals surface area contributed by atoms with Crippen molar-refractivity contribution in [1.29, 1.82) is 0 Å². The Morgan fingerprint density at radius 1 is 1.53 bits per heavy atom. The maximum absolute atomic E-state index is 10.6. The van der Waals surface area contributed by atoms with Gasteiger partial charge in [0.15, 0.2) is 0 Å². The van der Waals surface area contributed by atoms with E-state index < -0.39 is 0 Å². The zero-order valence-electron chi connectivity index (χ0n) is 10.0. The molecule has 0 saturated carbocycles. The van der Waals surface area contributed by atoms with Crippen LogP contribution in [0.1, 0.15) is 18.9 Å². The fourth-order valence-corrected chi connectivity index (χ4v) is 1.23. The third-order valence-electron chi connectivity index (χ3n) is 2.11. The van der Waals surface area contributed by atoms with E-state index in [2.05, 4.69) is 17.2 Å². The molecule has 1 aromatic rings. The van der Waals surface area contributed by atoms with Crippen LogP contribution >= 0.6 is 0 Å². The van der Waals surface area contributed by atoms with Crippen molar-refractivity contribution in [3.8, 4) is 17.6 Å². The molecule has 0 saturated heterocycles. The number of hydrogen-bond donors (Lipinski definition) is 2. The molecule has 4 nitrogen and oxygen atoms in total. The highest BCUT2D eigenvalue weighted by molar-refractivity contribution is 5.72. The molecule has 0 aliphatic heterocycles. The zero-order chi connectivity index (χ0) is 12.7. The van der Waals surface area contributed by atoms with Crippen LogP contribution in [0.3, 0.4) is 0 Å². The van der Waals surface area contributed by atoms with Crippen molar-refractivity contribution in [3.05, 3.63) is 23.8 Å². The van der Waals surface area contributed by atoms with E-state index in [-0.39, 0.29) is 5.91 Å². The third kappa shape index (κ3) is 4.47. The number of nitrogens with one attached hydrogen (secondary N) is 1. The highest BCUT2D eigenvalue weighted by atomic mass is 16.5. The van der Waals surface area contributed by atoms with Crippen LogP contribution in [-0.4, -0.2) is 19.6 Å². The molecule has 3 N–H and O–H groups in total. The van der Waals surface area contributed by atoms with E-state index in [1.54, 1.807) is 25.3 Å². The van der Waals surface area contributed by atoms with Crippen molar-refractivity contribution in [2.24, 2.45) is 0 Å². The van der Waals surface area contributed by atoms with Gasteiger partial charge in [-0.2, -0.15) is 0 Å². The van der Waals surface area contributed by atoms with Gasteiger partial charge in [0.2, 0.25) is 5.91 Å². The summed E-state index contributed by atoms with van der Waals surface area (Å²) in [6.07, 6.45) is 0.593. The predicted molar refractivity (Wildman–Crippen MR) is 67.6 cm³/mol. The van der Waals surface area contributed by atoms with Gasteiger partial charge in [-0.1, -0.05) is 11.8 Å². The first-order valence-corrected chi connectivity index (χ1v) is 5.30. The fraction of sp³-hybridized carbons (Fsp3) is 0.308. The van der Waals surface area contributed by atoms with Crippen LogP contribution in [0.2, 0.25) is 0 Å². The zero-order valence-corrected chi connectivity index (χ0v) is 10.0. The van der Waals surface area contributed by atoms with Crippen LogP contribution in [0, 0.1) is 11.8 Å². The molecule has 0 unspecified atom stereocenters. The van der Waals surface area contributed by atoms with E-state index in [4.69, 9.17) is 10.5 Å². The average Bonchev–Trinajstić information content (AvgIpc) is 2.30. The highest BCUT2D eigenvalue weighted by Crippen LogP contribution is 2.18. The summed E-state index contributed by atoms with van der Waals surface area (Å²) in [5.74, 6) is 6.58. The highest BCUT2D eigenvalue weighted by Gasteiger charge is 1.97. The molecule has 1 amide bonds. The van der Waals surface area contributed by atoms with E-state index in [1.807, 2.05) is 0 Å². The number of anilines is 1. The maximum Gasteiger partial charge on any atom is 0.216 e. The van der Waals surface area contributed by atoms with Gasteiger partial charge < -0.3 is 15.8 Å². The van der Waals surface area contributed by atoms with Crippen molar-refractivity contribution in [1.82, 2.24) is 5.32 Å². The number of nitrogens with two attached hydrogens (primary N) is 1. The molecular weight excluding hydrogens is 216 g/mol. The molecule has 0 bridgehead atoms. The second-order valence-corrected chi connectivity index (χ2v) is 3.49. The third-order valence-corrected chi connectivity index (χ3v) is 2.11. The number of carbonyl (C=O) groups excluding carboxylic acids is 1. The number of amides is 1. The van der Waals surface area contributed by atoms with Crippen molar-refractivity contribution in [2.75, 3.05) is 19.4 Å². The summed E-state index contributed by atoms with van der Waals surface area (Å²) < 4.78 is 5.09. The van der Waals surface area contributed by atoms with Crippen LogP contribution in [0.4, 0.5) is 5.69 Å². The topological polar surface area (TPSA) is 64.3 Å². The summed E-state index contributed by atoms with van der Waals surface area (Å²) in [6, 6.07) is 5.34. The lowest BCUT2D eigenvalue weighted by Crippen LogP contribution is -2.20. The second-order valence-electron chi connectivity index (χ2n) is 3.49. The van der Waals surface area contributed by atoms with Gasteiger partial charge in [0.25, 0.3) is 0 Å². The number of rotatable bonds is 3. The summed E-state index contributed by atoms with van der Waals surface area (Å²) in [7, 11) is 1.60. The molecule has 0 aliphatic carbocycles. The molecule has 1 rings (SSSR count). The van der Waals surface area contributed by atoms with E-state index >= 15 is 0 Å². The minimum atomic E-state index is -0.0484. The molecular formula is C13H16N2O2. The molecule has 0 heterocycles. The van der Waals surface area contributed by atoms with Gasteiger partial charge in [0.05, 0.1) is 12.7 Å². The number of nitrogen functional groups attached to an aromatic ring is 1. The van der Waals surface area contributed by atoms with Crippen molar-refractivity contribution >= 4 is 11.6 Å². The lowest BCUT2D eigenvalue weighted by Gasteiger charge is -2.02. The molecule has 0 aromatic heterocycles. The predicted octanol–water partition coefficient (Wildman–Crippen LogP) is 1.16. The first kappa shape index (κ1) is 12.9. The Hall–Kier alpha value is -2.15. The molecule has 0 atom stereocenters. The second kappa shape index (κ2) is 6.44. The van der Waals surface area contributed by atoms with E-state index in [0.29, 0.717) is 18.7 Å². The molecule has 0 fully saturated rings. The van der Waals surface area contributed by atoms with Crippen LogP contribution < -0.4 is 15.8 Å². The summed E-state index contributed by atoms with van der Waals surface area (Å²) in [6.45, 7) is 2.03. The van der Waals surface area contributed by atoms with Crippen molar-refractivity contribution < 1.29 is 9.53 Å². The summed E-state index contributed by atoms with van der Waals surface area (Å²) in [5.41, 5.74) is 7.15. The molecule has 0 spiro atoms. The van der Waals surface area contributed by atoms with Gasteiger partial charge in [-0.15, -0.1) is 0 Å². The van der Waals surface area contributed by atoms with E-state index in [9.17, 15) is 4.79 Å². The van der Waals surface area contributed by atoms with Crippen LogP contribution in [0.25, 0.3) is 0 Å². The summed E-state index contributed by atoms with van der Waals surface area (Å²) >= 11 is 0. The van der Waals surface area contributed by atoms with Crippen molar-refractivity contribution in [3.63, 3.8) is 0 Å². The lowest BCUT2D eigenvalue weighted by atomic mass is 10.1. The number of benzene rings is 1. The average molecular weight is 232 g/mol. The standard InChI is InChI=1S/C13H16N2O2/c1-10(16)15-8-4-3-5-11-9-12(17-2)6-7-13(11)14/h6-7,9H,4,8,14H2,1-2H3,(H,15,16). The molecule has 0 radical (unpaired) electrons. The van der Waals surface area contributed by atoms with E-state index in [1.165, 1.54) is 6.92 Å². The summed E-state index contributed by atoms with van der Waals surface area (Å²) in [5, 5.41) is 2.67. The Bertz CT molecular complexity index is 458. The van der Waals surface area contributed by atoms with Crippen LogP contribution in [-0.2, 0) is 4.79 Å². The SMILES string of the molecule is COc1ccc(N)c(C#CCCNC(C)=O)c1. The van der Waals surface area contributed by atoms with Crippen LogP contribution in [0.5, 0.6) is 5.75 Å². The number of methoxy groups -OCH3 is 1. The number of carbonyl (C=O) groups is 1. The molecule has 0 aliphatic rings. The first-order valence-electron chi connectivity index (χ1n) is 5.30. The normalized spacial score (nSPS) is 9.06. The van der Waals surface area contributed by atoms with Gasteiger partial charge in [-0.3, -0.25) is 4.79 Å². The fourth-order valence-electron chi connectivity index (χ4n) is 1.23. The monoisotopic (exact) mass is 232 g/mol. The Labute approximate surface area is 101 Å². The van der Waals surface area contributed by atoms with Gasteiger partial charge in [0.1, 0.15) is 5.75 Å². The van der Waals surface area contributed by atoms with Gasteiger partial charge in [-0.05, 0) is 18.2 Å². The Balaban J connectivity index is 2.61. The molecule has 90 valence electrons. The number of ether oxygens (including phenoxy) is 1. The molecule has 17 heavy (non-hydrogen) atoms. The van der Waals surface area contributed by atoms with Crippen molar-refractivity contribution in [2.45, 2.75) is 13.3 Å². The van der Waals surface area contributed by atoms with Gasteiger partial charge in [0, 0.05) is 25.6 Å².